The lowest BCUT2D eigenvalue weighted by molar-refractivity contribution is -0.132. The van der Waals surface area contributed by atoms with E-state index in [2.05, 4.69) is 23.2 Å². The zero-order valence-electron chi connectivity index (χ0n) is 18.2. The first-order valence-corrected chi connectivity index (χ1v) is 11.3. The van der Waals surface area contributed by atoms with Crippen LogP contribution in [-0.4, -0.2) is 38.4 Å². The lowest BCUT2D eigenvalue weighted by atomic mass is 9.92. The summed E-state index contributed by atoms with van der Waals surface area (Å²) >= 11 is 6.15. The second kappa shape index (κ2) is 9.65. The molecule has 1 aromatic carbocycles. The molecule has 6 heteroatoms. The molecule has 4 rings (SSSR count). The van der Waals surface area contributed by atoms with Crippen LogP contribution >= 0.6 is 11.6 Å². The SMILES string of the molecule is Cc1cc(Cc2cccc(Cl)c2)cc([C@H]2CCCN(C(=O)CCn3ccnc3C)C2)n1. The Balaban J connectivity index is 1.43. The largest absolute Gasteiger partial charge is 0.342 e. The van der Waals surface area contributed by atoms with E-state index in [9.17, 15) is 4.79 Å². The Bertz CT molecular complexity index is 1060. The van der Waals surface area contributed by atoms with Crippen molar-refractivity contribution in [1.82, 2.24) is 19.4 Å². The molecule has 1 atom stereocenters. The number of nitrogens with zero attached hydrogens (tertiary/aromatic N) is 4. The van der Waals surface area contributed by atoms with Crippen molar-refractivity contribution in [2.24, 2.45) is 0 Å². The number of carbonyl (C=O) groups excluding carboxylic acids is 1. The number of hydrogen-bond donors (Lipinski definition) is 0. The van der Waals surface area contributed by atoms with Crippen LogP contribution in [-0.2, 0) is 17.8 Å². The lowest BCUT2D eigenvalue weighted by Crippen LogP contribution is -2.39. The second-order valence-corrected chi connectivity index (χ2v) is 8.88. The van der Waals surface area contributed by atoms with Gasteiger partial charge in [-0.3, -0.25) is 9.78 Å². The summed E-state index contributed by atoms with van der Waals surface area (Å²) in [6.45, 7) is 6.27. The number of imidazole rings is 1. The Morgan fingerprint density at radius 2 is 2.06 bits per heavy atom. The predicted octanol–water partition coefficient (Wildman–Crippen LogP) is 4.94. The number of aryl methyl sites for hydroxylation is 3. The normalized spacial score (nSPS) is 16.5. The Labute approximate surface area is 189 Å². The van der Waals surface area contributed by atoms with Gasteiger partial charge in [0.05, 0.1) is 0 Å². The van der Waals surface area contributed by atoms with Crippen molar-refractivity contribution in [3.05, 3.63) is 82.2 Å². The van der Waals surface area contributed by atoms with Gasteiger partial charge in [0.25, 0.3) is 0 Å². The van der Waals surface area contributed by atoms with E-state index in [1.807, 2.05) is 47.7 Å². The van der Waals surface area contributed by atoms with E-state index in [1.54, 1.807) is 6.20 Å². The first-order valence-electron chi connectivity index (χ1n) is 11.0. The fourth-order valence-corrected chi connectivity index (χ4v) is 4.63. The van der Waals surface area contributed by atoms with Crippen molar-refractivity contribution in [2.45, 2.75) is 52.0 Å². The Morgan fingerprint density at radius 1 is 1.19 bits per heavy atom. The van der Waals surface area contributed by atoms with E-state index >= 15 is 0 Å². The first-order chi connectivity index (χ1) is 15.0. The van der Waals surface area contributed by atoms with Gasteiger partial charge in [-0.15, -0.1) is 0 Å². The molecule has 2 aromatic heterocycles. The number of likely N-dealkylation sites (tertiary alicyclic amines) is 1. The average molecular weight is 437 g/mol. The third-order valence-corrected chi connectivity index (χ3v) is 6.25. The van der Waals surface area contributed by atoms with Gasteiger partial charge in [0, 0.05) is 60.8 Å². The predicted molar refractivity (Wildman–Crippen MR) is 123 cm³/mol. The van der Waals surface area contributed by atoms with Crippen molar-refractivity contribution < 1.29 is 4.79 Å². The number of hydrogen-bond acceptors (Lipinski definition) is 3. The zero-order valence-corrected chi connectivity index (χ0v) is 19.0. The Morgan fingerprint density at radius 3 is 2.84 bits per heavy atom. The summed E-state index contributed by atoms with van der Waals surface area (Å²) in [7, 11) is 0. The molecule has 1 saturated heterocycles. The summed E-state index contributed by atoms with van der Waals surface area (Å²) in [5.41, 5.74) is 4.55. The lowest BCUT2D eigenvalue weighted by Gasteiger charge is -2.33. The van der Waals surface area contributed by atoms with E-state index in [0.29, 0.717) is 13.0 Å². The molecule has 1 amide bonds. The monoisotopic (exact) mass is 436 g/mol. The number of piperidine rings is 1. The molecule has 0 saturated carbocycles. The molecular weight excluding hydrogens is 408 g/mol. The van der Waals surface area contributed by atoms with Crippen LogP contribution in [0, 0.1) is 13.8 Å². The van der Waals surface area contributed by atoms with Gasteiger partial charge >= 0.3 is 0 Å². The standard InChI is InChI=1S/C25H29ClN4O/c1-18-13-21(14-20-5-3-7-23(26)15-20)16-24(28-18)22-6-4-10-30(17-22)25(31)8-11-29-12-9-27-19(29)2/h3,5,7,9,12-13,15-16,22H,4,6,8,10-11,14,17H2,1-2H3/t22-/m0/s1. The maximum Gasteiger partial charge on any atom is 0.224 e. The number of benzene rings is 1. The van der Waals surface area contributed by atoms with Crippen LogP contribution in [0.15, 0.2) is 48.8 Å². The molecular formula is C25H29ClN4O. The highest BCUT2D eigenvalue weighted by Gasteiger charge is 2.26. The topological polar surface area (TPSA) is 51.0 Å². The molecule has 5 nitrogen and oxygen atoms in total. The van der Waals surface area contributed by atoms with Crippen molar-refractivity contribution >= 4 is 17.5 Å². The maximum atomic E-state index is 12.8. The van der Waals surface area contributed by atoms with Gasteiger partial charge in [-0.25, -0.2) is 4.98 Å². The number of aromatic nitrogens is 3. The second-order valence-electron chi connectivity index (χ2n) is 8.45. The van der Waals surface area contributed by atoms with Crippen LogP contribution in [0.5, 0.6) is 0 Å². The molecule has 0 spiro atoms. The molecule has 0 unspecified atom stereocenters. The van der Waals surface area contributed by atoms with Crippen molar-refractivity contribution in [1.29, 1.82) is 0 Å². The van der Waals surface area contributed by atoms with E-state index in [-0.39, 0.29) is 11.8 Å². The fourth-order valence-electron chi connectivity index (χ4n) is 4.42. The summed E-state index contributed by atoms with van der Waals surface area (Å²) in [6.07, 6.45) is 7.12. The van der Waals surface area contributed by atoms with Crippen LogP contribution < -0.4 is 0 Å². The third-order valence-electron chi connectivity index (χ3n) is 6.01. The van der Waals surface area contributed by atoms with E-state index in [4.69, 9.17) is 16.6 Å². The van der Waals surface area contributed by atoms with Gasteiger partial charge in [0.2, 0.25) is 5.91 Å². The number of carbonyl (C=O) groups is 1. The van der Waals surface area contributed by atoms with E-state index in [0.717, 1.165) is 54.6 Å². The first kappa shape index (κ1) is 21.6. The van der Waals surface area contributed by atoms with Gasteiger partial charge in [-0.05, 0) is 68.5 Å². The van der Waals surface area contributed by atoms with Gasteiger partial charge in [0.1, 0.15) is 5.82 Å². The quantitative estimate of drug-likeness (QED) is 0.550. The van der Waals surface area contributed by atoms with Crippen molar-refractivity contribution in [3.8, 4) is 0 Å². The van der Waals surface area contributed by atoms with Crippen molar-refractivity contribution in [3.63, 3.8) is 0 Å². The van der Waals surface area contributed by atoms with Crippen LogP contribution in [0.2, 0.25) is 5.02 Å². The smallest absolute Gasteiger partial charge is 0.224 e. The maximum absolute atomic E-state index is 12.8. The van der Waals surface area contributed by atoms with Crippen LogP contribution in [0.4, 0.5) is 0 Å². The molecule has 0 N–H and O–H groups in total. The average Bonchev–Trinajstić information content (AvgIpc) is 3.16. The summed E-state index contributed by atoms with van der Waals surface area (Å²) in [5, 5.41) is 0.760. The zero-order chi connectivity index (χ0) is 21.8. The summed E-state index contributed by atoms with van der Waals surface area (Å²) < 4.78 is 2.03. The molecule has 1 aliphatic heterocycles. The molecule has 1 aliphatic rings. The highest BCUT2D eigenvalue weighted by molar-refractivity contribution is 6.30. The van der Waals surface area contributed by atoms with Crippen molar-refractivity contribution in [2.75, 3.05) is 13.1 Å². The number of rotatable bonds is 6. The molecule has 3 heterocycles. The van der Waals surface area contributed by atoms with E-state index in [1.165, 1.54) is 11.1 Å². The molecule has 0 aliphatic carbocycles. The molecule has 0 radical (unpaired) electrons. The number of halogens is 1. The molecule has 162 valence electrons. The van der Waals surface area contributed by atoms with Crippen LogP contribution in [0.25, 0.3) is 0 Å². The van der Waals surface area contributed by atoms with Gasteiger partial charge < -0.3 is 9.47 Å². The van der Waals surface area contributed by atoms with Gasteiger partial charge in [-0.2, -0.15) is 0 Å². The van der Waals surface area contributed by atoms with Crippen LogP contribution in [0.3, 0.4) is 0 Å². The Kier molecular flexibility index (Phi) is 6.71. The fraction of sp³-hybridized carbons (Fsp3) is 0.400. The molecule has 1 fully saturated rings. The summed E-state index contributed by atoms with van der Waals surface area (Å²) in [4.78, 5) is 23.9. The van der Waals surface area contributed by atoms with Gasteiger partial charge in [-0.1, -0.05) is 23.7 Å². The minimum atomic E-state index is 0.213. The Hall–Kier alpha value is -2.66. The third kappa shape index (κ3) is 5.53. The van der Waals surface area contributed by atoms with Crippen LogP contribution in [0.1, 0.15) is 53.5 Å². The number of pyridine rings is 1. The highest BCUT2D eigenvalue weighted by atomic mass is 35.5. The minimum Gasteiger partial charge on any atom is -0.342 e. The highest BCUT2D eigenvalue weighted by Crippen LogP contribution is 2.28. The number of amides is 1. The molecule has 3 aromatic rings. The summed E-state index contributed by atoms with van der Waals surface area (Å²) in [5.74, 6) is 1.44. The molecule has 31 heavy (non-hydrogen) atoms. The minimum absolute atomic E-state index is 0.213. The summed E-state index contributed by atoms with van der Waals surface area (Å²) in [6, 6.07) is 12.4. The van der Waals surface area contributed by atoms with Gasteiger partial charge in [0.15, 0.2) is 0 Å². The van der Waals surface area contributed by atoms with E-state index < -0.39 is 0 Å². The molecule has 0 bridgehead atoms.